The number of hydrogen-bond donors (Lipinski definition) is 2. The molecule has 3 rings (SSSR count). The van der Waals surface area contributed by atoms with Crippen LogP contribution in [0.25, 0.3) is 0 Å². The number of aliphatic imine (C=N–C) groups is 1. The van der Waals surface area contributed by atoms with Crippen LogP contribution in [0.4, 0.5) is 0 Å². The molecule has 1 aliphatic heterocycles. The van der Waals surface area contributed by atoms with E-state index in [0.717, 1.165) is 31.4 Å². The molecule has 2 N–H and O–H groups in total. The number of carbonyl (C=O) groups is 1. The molecular weight excluding hydrogens is 423 g/mol. The lowest BCUT2D eigenvalue weighted by Crippen LogP contribution is -2.42. The maximum Gasteiger partial charge on any atom is 0.224 e. The van der Waals surface area contributed by atoms with Crippen molar-refractivity contribution in [2.75, 3.05) is 20.1 Å². The highest BCUT2D eigenvalue weighted by Gasteiger charge is 2.33. The van der Waals surface area contributed by atoms with E-state index in [-0.39, 0.29) is 29.9 Å². The number of hydrogen-bond acceptors (Lipinski definition) is 3. The maximum absolute atomic E-state index is 12.3. The van der Waals surface area contributed by atoms with Crippen LogP contribution in [0.2, 0.25) is 0 Å². The number of thiophene rings is 1. The van der Waals surface area contributed by atoms with E-state index in [1.165, 1.54) is 16.9 Å². The third-order valence-electron chi connectivity index (χ3n) is 4.45. The molecule has 23 heavy (non-hydrogen) atoms. The molecule has 0 spiro atoms. The maximum atomic E-state index is 12.3. The third kappa shape index (κ3) is 4.82. The van der Waals surface area contributed by atoms with Gasteiger partial charge in [-0.15, -0.1) is 35.3 Å². The minimum Gasteiger partial charge on any atom is -0.356 e. The number of fused-ring (bicyclic) bond motifs is 1. The Hall–Kier alpha value is -0.830. The number of carbonyl (C=O) groups excluding carboxylic acids is 1. The van der Waals surface area contributed by atoms with Crippen molar-refractivity contribution in [1.82, 2.24) is 15.5 Å². The average molecular weight is 448 g/mol. The molecule has 1 fully saturated rings. The highest BCUT2D eigenvalue weighted by Crippen LogP contribution is 2.28. The first-order chi connectivity index (χ1) is 10.7. The van der Waals surface area contributed by atoms with Crippen molar-refractivity contribution < 1.29 is 4.79 Å². The smallest absolute Gasteiger partial charge is 0.224 e. The molecule has 7 heteroatoms. The Morgan fingerprint density at radius 2 is 2.30 bits per heavy atom. The van der Waals surface area contributed by atoms with Gasteiger partial charge in [-0.05, 0) is 35.8 Å². The zero-order chi connectivity index (χ0) is 15.5. The van der Waals surface area contributed by atoms with Crippen LogP contribution < -0.4 is 10.6 Å². The van der Waals surface area contributed by atoms with Gasteiger partial charge in [0.2, 0.25) is 5.91 Å². The van der Waals surface area contributed by atoms with E-state index in [0.29, 0.717) is 19.0 Å². The second-order valence-corrected chi connectivity index (χ2v) is 7.15. The van der Waals surface area contributed by atoms with Crippen LogP contribution in [0.3, 0.4) is 0 Å². The monoisotopic (exact) mass is 448 g/mol. The van der Waals surface area contributed by atoms with Crippen molar-refractivity contribution in [3.8, 4) is 0 Å². The molecule has 2 heterocycles. The first-order valence-corrected chi connectivity index (χ1v) is 8.85. The highest BCUT2D eigenvalue weighted by molar-refractivity contribution is 14.0. The van der Waals surface area contributed by atoms with Gasteiger partial charge < -0.3 is 15.5 Å². The summed E-state index contributed by atoms with van der Waals surface area (Å²) in [6.45, 7) is 4.47. The Balaban J connectivity index is 0.00000192. The fourth-order valence-corrected chi connectivity index (χ4v) is 3.69. The molecule has 0 bridgehead atoms. The molecule has 0 saturated heterocycles. The summed E-state index contributed by atoms with van der Waals surface area (Å²) < 4.78 is 0. The fourth-order valence-electron chi connectivity index (χ4n) is 2.80. The van der Waals surface area contributed by atoms with Crippen molar-refractivity contribution >= 4 is 47.2 Å². The molecule has 2 aliphatic rings. The van der Waals surface area contributed by atoms with Crippen LogP contribution in [0, 0.1) is 5.92 Å². The van der Waals surface area contributed by atoms with Crippen LogP contribution in [0.5, 0.6) is 0 Å². The van der Waals surface area contributed by atoms with E-state index in [1.54, 1.807) is 18.4 Å². The molecular formula is C16H25IN4OS. The molecule has 128 valence electrons. The van der Waals surface area contributed by atoms with Crippen LogP contribution >= 0.6 is 35.3 Å². The van der Waals surface area contributed by atoms with Gasteiger partial charge in [0, 0.05) is 44.0 Å². The molecule has 1 aromatic heterocycles. The van der Waals surface area contributed by atoms with Gasteiger partial charge in [0.15, 0.2) is 5.96 Å². The van der Waals surface area contributed by atoms with Gasteiger partial charge in [-0.1, -0.05) is 6.92 Å². The van der Waals surface area contributed by atoms with Crippen LogP contribution in [0.15, 0.2) is 16.4 Å². The number of guanidine groups is 1. The largest absolute Gasteiger partial charge is 0.356 e. The summed E-state index contributed by atoms with van der Waals surface area (Å²) in [5, 5.41) is 8.73. The zero-order valence-electron chi connectivity index (χ0n) is 13.7. The minimum absolute atomic E-state index is 0. The number of nitrogens with one attached hydrogen (secondary N) is 2. The standard InChI is InChI=1S/C16H24N4OS.HI/c1-11-9-13(11)19-16(17-2)18-6-3-15(21)20-7-4-14-12(10-20)5-8-22-14;/h5,8,11,13H,3-4,6-7,9-10H2,1-2H3,(H2,17,18,19);1H. The van der Waals surface area contributed by atoms with Crippen molar-refractivity contribution in [2.24, 2.45) is 10.9 Å². The SMILES string of the molecule is CN=C(NCCC(=O)N1CCc2sccc2C1)NC1CC1C.I. The van der Waals surface area contributed by atoms with E-state index in [2.05, 4.69) is 34.0 Å². The molecule has 2 unspecified atom stereocenters. The van der Waals surface area contributed by atoms with Gasteiger partial charge in [-0.3, -0.25) is 9.79 Å². The van der Waals surface area contributed by atoms with E-state index in [4.69, 9.17) is 0 Å². The summed E-state index contributed by atoms with van der Waals surface area (Å²) >= 11 is 1.80. The van der Waals surface area contributed by atoms with Crippen molar-refractivity contribution in [1.29, 1.82) is 0 Å². The lowest BCUT2D eigenvalue weighted by Gasteiger charge is -2.27. The topological polar surface area (TPSA) is 56.7 Å². The molecule has 1 saturated carbocycles. The fraction of sp³-hybridized carbons (Fsp3) is 0.625. The lowest BCUT2D eigenvalue weighted by atomic mass is 10.1. The van der Waals surface area contributed by atoms with E-state index < -0.39 is 0 Å². The lowest BCUT2D eigenvalue weighted by molar-refractivity contribution is -0.131. The van der Waals surface area contributed by atoms with Gasteiger partial charge >= 0.3 is 0 Å². The first-order valence-electron chi connectivity index (χ1n) is 7.97. The number of halogens is 1. The predicted octanol–water partition coefficient (Wildman–Crippen LogP) is 2.21. The van der Waals surface area contributed by atoms with Gasteiger partial charge in [0.1, 0.15) is 0 Å². The Morgan fingerprint density at radius 3 is 3.00 bits per heavy atom. The molecule has 1 aliphatic carbocycles. The molecule has 2 atom stereocenters. The van der Waals surface area contributed by atoms with Gasteiger partial charge in [0.25, 0.3) is 0 Å². The average Bonchev–Trinajstić information content (AvgIpc) is 3.02. The molecule has 0 aromatic carbocycles. The van der Waals surface area contributed by atoms with Crippen molar-refractivity contribution in [3.05, 3.63) is 21.9 Å². The molecule has 5 nitrogen and oxygen atoms in total. The summed E-state index contributed by atoms with van der Waals surface area (Å²) in [5.41, 5.74) is 1.32. The van der Waals surface area contributed by atoms with E-state index >= 15 is 0 Å². The summed E-state index contributed by atoms with van der Waals surface area (Å²) in [6.07, 6.45) is 2.71. The Morgan fingerprint density at radius 1 is 1.52 bits per heavy atom. The van der Waals surface area contributed by atoms with Gasteiger partial charge in [-0.2, -0.15) is 0 Å². The first kappa shape index (κ1) is 18.5. The third-order valence-corrected chi connectivity index (χ3v) is 5.47. The Labute approximate surface area is 158 Å². The Bertz CT molecular complexity index is 574. The highest BCUT2D eigenvalue weighted by atomic mass is 127. The van der Waals surface area contributed by atoms with Gasteiger partial charge in [-0.25, -0.2) is 0 Å². The second-order valence-electron chi connectivity index (χ2n) is 6.15. The molecule has 1 amide bonds. The van der Waals surface area contributed by atoms with E-state index in [9.17, 15) is 4.79 Å². The second kappa shape index (κ2) is 8.32. The van der Waals surface area contributed by atoms with Crippen molar-refractivity contribution in [3.63, 3.8) is 0 Å². The number of nitrogens with zero attached hydrogens (tertiary/aromatic N) is 2. The van der Waals surface area contributed by atoms with Crippen LogP contribution in [-0.4, -0.2) is 42.9 Å². The summed E-state index contributed by atoms with van der Waals surface area (Å²) in [4.78, 5) is 19.9. The normalized spacial score (nSPS) is 22.9. The predicted molar refractivity (Wildman–Crippen MR) is 106 cm³/mol. The summed E-state index contributed by atoms with van der Waals surface area (Å²) in [7, 11) is 1.77. The molecule has 0 radical (unpaired) electrons. The molecule has 1 aromatic rings. The van der Waals surface area contributed by atoms with E-state index in [1.807, 2.05) is 4.90 Å². The number of amides is 1. The zero-order valence-corrected chi connectivity index (χ0v) is 16.8. The van der Waals surface area contributed by atoms with Crippen LogP contribution in [0.1, 0.15) is 30.2 Å². The van der Waals surface area contributed by atoms with Crippen LogP contribution in [-0.2, 0) is 17.8 Å². The Kier molecular flexibility index (Phi) is 6.70. The van der Waals surface area contributed by atoms with Gasteiger partial charge in [0.05, 0.1) is 0 Å². The van der Waals surface area contributed by atoms with Crippen molar-refractivity contribution in [2.45, 2.75) is 38.8 Å². The number of rotatable bonds is 4. The summed E-state index contributed by atoms with van der Waals surface area (Å²) in [5.74, 6) is 1.76. The summed E-state index contributed by atoms with van der Waals surface area (Å²) in [6, 6.07) is 2.68. The quantitative estimate of drug-likeness (QED) is 0.422. The minimum atomic E-state index is 0.